The van der Waals surface area contributed by atoms with Gasteiger partial charge < -0.3 is 0 Å². The summed E-state index contributed by atoms with van der Waals surface area (Å²) in [6, 6.07) is 0. The molecular formula is C14H30. The van der Waals surface area contributed by atoms with Gasteiger partial charge in [-0.3, -0.25) is 0 Å². The lowest BCUT2D eigenvalue weighted by Crippen LogP contribution is -2.14. The van der Waals surface area contributed by atoms with Gasteiger partial charge in [-0.15, -0.1) is 0 Å². The Morgan fingerprint density at radius 3 is 1.71 bits per heavy atom. The van der Waals surface area contributed by atoms with Gasteiger partial charge in [0.1, 0.15) is 0 Å². The first-order chi connectivity index (χ1) is 6.74. The van der Waals surface area contributed by atoms with Crippen molar-refractivity contribution in [1.29, 1.82) is 0 Å². The predicted molar refractivity (Wildman–Crippen MR) is 66.5 cm³/mol. The molecule has 0 heteroatoms. The van der Waals surface area contributed by atoms with Crippen LogP contribution in [0.5, 0.6) is 0 Å². The maximum atomic E-state index is 2.45. The molecule has 1 fully saturated rings. The Hall–Kier alpha value is 0. The first-order valence-corrected chi connectivity index (χ1v) is 6.74. The monoisotopic (exact) mass is 198 g/mol. The van der Waals surface area contributed by atoms with Crippen molar-refractivity contribution < 1.29 is 0 Å². The van der Waals surface area contributed by atoms with Gasteiger partial charge in [0.15, 0.2) is 0 Å². The van der Waals surface area contributed by atoms with Gasteiger partial charge in [0.2, 0.25) is 0 Å². The van der Waals surface area contributed by atoms with Gasteiger partial charge in [-0.05, 0) is 30.1 Å². The number of rotatable bonds is 3. The molecule has 4 unspecified atom stereocenters. The molecule has 1 aliphatic rings. The minimum absolute atomic E-state index is 0.991. The molecular weight excluding hydrogens is 168 g/mol. The van der Waals surface area contributed by atoms with Crippen molar-refractivity contribution in [3.05, 3.63) is 0 Å². The molecule has 1 rings (SSSR count). The van der Waals surface area contributed by atoms with Gasteiger partial charge in [0.05, 0.1) is 0 Å². The quantitative estimate of drug-likeness (QED) is 0.589. The van der Waals surface area contributed by atoms with Crippen LogP contribution in [0.1, 0.15) is 67.2 Å². The van der Waals surface area contributed by atoms with Crippen molar-refractivity contribution in [1.82, 2.24) is 0 Å². The SMILES string of the molecule is CC.CCC1CC(C)C(CC)C1CC. The van der Waals surface area contributed by atoms with Crippen LogP contribution in [0.4, 0.5) is 0 Å². The molecule has 0 radical (unpaired) electrons. The summed E-state index contributed by atoms with van der Waals surface area (Å²) < 4.78 is 0. The van der Waals surface area contributed by atoms with E-state index >= 15 is 0 Å². The zero-order valence-electron chi connectivity index (χ0n) is 11.1. The third-order valence-electron chi connectivity index (χ3n) is 4.03. The van der Waals surface area contributed by atoms with E-state index < -0.39 is 0 Å². The summed E-state index contributed by atoms with van der Waals surface area (Å²) in [4.78, 5) is 0. The molecule has 0 nitrogen and oxygen atoms in total. The third kappa shape index (κ3) is 3.00. The second-order valence-electron chi connectivity index (χ2n) is 4.53. The second kappa shape index (κ2) is 7.31. The van der Waals surface area contributed by atoms with Gasteiger partial charge in [-0.25, -0.2) is 0 Å². The van der Waals surface area contributed by atoms with Gasteiger partial charge in [-0.1, -0.05) is 60.8 Å². The number of hydrogen-bond donors (Lipinski definition) is 0. The molecule has 1 aliphatic carbocycles. The molecule has 4 atom stereocenters. The van der Waals surface area contributed by atoms with E-state index in [1.807, 2.05) is 13.8 Å². The van der Waals surface area contributed by atoms with E-state index in [1.165, 1.54) is 25.7 Å². The highest BCUT2D eigenvalue weighted by Crippen LogP contribution is 2.45. The Morgan fingerprint density at radius 2 is 1.36 bits per heavy atom. The predicted octanol–water partition coefficient (Wildman–Crippen LogP) is 5.13. The van der Waals surface area contributed by atoms with Gasteiger partial charge in [0, 0.05) is 0 Å². The van der Waals surface area contributed by atoms with E-state index in [4.69, 9.17) is 0 Å². The summed E-state index contributed by atoms with van der Waals surface area (Å²) >= 11 is 0. The summed E-state index contributed by atoms with van der Waals surface area (Å²) in [6.45, 7) is 13.5. The molecule has 86 valence electrons. The van der Waals surface area contributed by atoms with Crippen molar-refractivity contribution in [2.24, 2.45) is 23.7 Å². The van der Waals surface area contributed by atoms with Crippen LogP contribution in [0.3, 0.4) is 0 Å². The lowest BCUT2D eigenvalue weighted by Gasteiger charge is -2.22. The normalized spacial score (nSPS) is 36.4. The molecule has 0 aromatic heterocycles. The van der Waals surface area contributed by atoms with E-state index in [2.05, 4.69) is 27.7 Å². The minimum atomic E-state index is 0.991. The molecule has 0 saturated heterocycles. The number of hydrogen-bond acceptors (Lipinski definition) is 0. The standard InChI is InChI=1S/C12H24.C2H6/c1-5-10-8-9(4)11(6-2)12(10)7-3;1-2/h9-12H,5-8H2,1-4H3;1-2H3. The van der Waals surface area contributed by atoms with Crippen molar-refractivity contribution in [3.8, 4) is 0 Å². The smallest absolute Gasteiger partial charge is 0.0358 e. The second-order valence-corrected chi connectivity index (χ2v) is 4.53. The summed E-state index contributed by atoms with van der Waals surface area (Å²) in [6.07, 6.45) is 5.70. The lowest BCUT2D eigenvalue weighted by atomic mass is 9.83. The summed E-state index contributed by atoms with van der Waals surface area (Å²) in [5.74, 6) is 4.09. The van der Waals surface area contributed by atoms with Crippen LogP contribution in [-0.4, -0.2) is 0 Å². The van der Waals surface area contributed by atoms with Gasteiger partial charge in [0.25, 0.3) is 0 Å². The topological polar surface area (TPSA) is 0 Å². The van der Waals surface area contributed by atoms with Crippen LogP contribution in [0.25, 0.3) is 0 Å². The molecule has 0 heterocycles. The Bertz CT molecular complexity index is 128. The van der Waals surface area contributed by atoms with Crippen LogP contribution in [0, 0.1) is 23.7 Å². The molecule has 0 aromatic rings. The van der Waals surface area contributed by atoms with E-state index in [-0.39, 0.29) is 0 Å². The summed E-state index contributed by atoms with van der Waals surface area (Å²) in [5, 5.41) is 0. The Labute approximate surface area is 91.5 Å². The zero-order chi connectivity index (χ0) is 11.1. The fraction of sp³-hybridized carbons (Fsp3) is 1.00. The Kier molecular flexibility index (Phi) is 7.31. The van der Waals surface area contributed by atoms with E-state index in [1.54, 1.807) is 0 Å². The van der Waals surface area contributed by atoms with Crippen LogP contribution >= 0.6 is 0 Å². The average Bonchev–Trinajstić information content (AvgIpc) is 2.56. The van der Waals surface area contributed by atoms with E-state index in [9.17, 15) is 0 Å². The van der Waals surface area contributed by atoms with Crippen molar-refractivity contribution in [2.45, 2.75) is 67.2 Å². The lowest BCUT2D eigenvalue weighted by molar-refractivity contribution is 0.270. The highest BCUT2D eigenvalue weighted by molar-refractivity contribution is 4.86. The molecule has 0 amide bonds. The maximum absolute atomic E-state index is 2.45. The van der Waals surface area contributed by atoms with Crippen molar-refractivity contribution in [3.63, 3.8) is 0 Å². The van der Waals surface area contributed by atoms with E-state index in [0.717, 1.165) is 23.7 Å². The molecule has 0 aromatic carbocycles. The molecule has 0 N–H and O–H groups in total. The first kappa shape index (κ1) is 14.0. The van der Waals surface area contributed by atoms with Crippen LogP contribution < -0.4 is 0 Å². The van der Waals surface area contributed by atoms with Crippen molar-refractivity contribution >= 4 is 0 Å². The highest BCUT2D eigenvalue weighted by Gasteiger charge is 2.37. The molecule has 0 aliphatic heterocycles. The first-order valence-electron chi connectivity index (χ1n) is 6.74. The highest BCUT2D eigenvalue weighted by atomic mass is 14.4. The van der Waals surface area contributed by atoms with E-state index in [0.29, 0.717) is 0 Å². The van der Waals surface area contributed by atoms with Crippen molar-refractivity contribution in [2.75, 3.05) is 0 Å². The summed E-state index contributed by atoms with van der Waals surface area (Å²) in [5.41, 5.74) is 0. The Balaban J connectivity index is 0.000000791. The average molecular weight is 198 g/mol. The van der Waals surface area contributed by atoms with Gasteiger partial charge in [-0.2, -0.15) is 0 Å². The van der Waals surface area contributed by atoms with Gasteiger partial charge >= 0.3 is 0 Å². The molecule has 0 bridgehead atoms. The minimum Gasteiger partial charge on any atom is -0.0683 e. The fourth-order valence-corrected chi connectivity index (χ4v) is 3.41. The Morgan fingerprint density at radius 1 is 0.857 bits per heavy atom. The van der Waals surface area contributed by atoms with Crippen LogP contribution in [0.2, 0.25) is 0 Å². The fourth-order valence-electron chi connectivity index (χ4n) is 3.41. The molecule has 14 heavy (non-hydrogen) atoms. The summed E-state index contributed by atoms with van der Waals surface area (Å²) in [7, 11) is 0. The zero-order valence-corrected chi connectivity index (χ0v) is 11.1. The van der Waals surface area contributed by atoms with Crippen LogP contribution in [-0.2, 0) is 0 Å². The molecule has 0 spiro atoms. The maximum Gasteiger partial charge on any atom is -0.0358 e. The third-order valence-corrected chi connectivity index (χ3v) is 4.03. The largest absolute Gasteiger partial charge is 0.0683 e. The molecule has 1 saturated carbocycles. The van der Waals surface area contributed by atoms with Crippen LogP contribution in [0.15, 0.2) is 0 Å².